The summed E-state index contributed by atoms with van der Waals surface area (Å²) in [5.74, 6) is 1.19. The molecule has 3 aromatic rings. The van der Waals surface area contributed by atoms with E-state index in [-0.39, 0.29) is 17.3 Å². The van der Waals surface area contributed by atoms with E-state index in [1.807, 2.05) is 18.2 Å². The molecule has 2 aliphatic rings. The van der Waals surface area contributed by atoms with Crippen LogP contribution in [0.25, 0.3) is 17.2 Å². The van der Waals surface area contributed by atoms with Gasteiger partial charge in [-0.25, -0.2) is 4.39 Å². The number of nitrogens with one attached hydrogen (secondary N) is 1. The maximum Gasteiger partial charge on any atom is 0.251 e. The van der Waals surface area contributed by atoms with Crippen LogP contribution in [-0.4, -0.2) is 9.97 Å². The fraction of sp³-hybridized carbons (Fsp3) is 0.308. The minimum absolute atomic E-state index is 0.0625. The molecule has 3 unspecified atom stereocenters. The third-order valence-corrected chi connectivity index (χ3v) is 6.77. The molecule has 4 heteroatoms. The molecule has 30 heavy (non-hydrogen) atoms. The van der Waals surface area contributed by atoms with Crippen LogP contribution in [0.4, 0.5) is 4.39 Å². The molecule has 2 heterocycles. The van der Waals surface area contributed by atoms with Gasteiger partial charge in [0.1, 0.15) is 5.82 Å². The van der Waals surface area contributed by atoms with Crippen molar-refractivity contribution in [3.05, 3.63) is 93.9 Å². The second-order valence-electron chi connectivity index (χ2n) is 8.52. The van der Waals surface area contributed by atoms with Crippen molar-refractivity contribution in [3.8, 4) is 11.1 Å². The van der Waals surface area contributed by atoms with Gasteiger partial charge in [-0.05, 0) is 72.6 Å². The molecule has 1 fully saturated rings. The van der Waals surface area contributed by atoms with Crippen LogP contribution in [-0.2, 0) is 6.42 Å². The van der Waals surface area contributed by atoms with Gasteiger partial charge in [-0.3, -0.25) is 9.78 Å². The van der Waals surface area contributed by atoms with Crippen LogP contribution in [0.5, 0.6) is 0 Å². The van der Waals surface area contributed by atoms with E-state index in [9.17, 15) is 9.18 Å². The van der Waals surface area contributed by atoms with Gasteiger partial charge in [0.2, 0.25) is 0 Å². The standard InChI is InChI=1S/C26H25FN2O/c27-20-6-3-5-17(14-20)19-8-9-21(29-16-19)10-11-23-22-7-2-1-4-18(22)15-25-24(23)12-13-28-26(25)30/h3,5-6,8-14,16,18,22-23H,1-2,4,7,15H2,(H,28,30)/b11-10+. The first-order valence-corrected chi connectivity index (χ1v) is 10.8. The van der Waals surface area contributed by atoms with Gasteiger partial charge in [-0.1, -0.05) is 37.1 Å². The summed E-state index contributed by atoms with van der Waals surface area (Å²) in [6, 6.07) is 12.6. The van der Waals surface area contributed by atoms with Gasteiger partial charge in [-0.2, -0.15) is 0 Å². The van der Waals surface area contributed by atoms with Crippen molar-refractivity contribution < 1.29 is 4.39 Å². The van der Waals surface area contributed by atoms with Gasteiger partial charge in [0, 0.05) is 29.4 Å². The predicted octanol–water partition coefficient (Wildman–Crippen LogP) is 5.74. The molecular formula is C26H25FN2O. The quantitative estimate of drug-likeness (QED) is 0.610. The van der Waals surface area contributed by atoms with E-state index >= 15 is 0 Å². The number of pyridine rings is 2. The number of hydrogen-bond acceptors (Lipinski definition) is 2. The first-order chi connectivity index (χ1) is 14.7. The highest BCUT2D eigenvalue weighted by Crippen LogP contribution is 2.46. The maximum atomic E-state index is 13.5. The summed E-state index contributed by atoms with van der Waals surface area (Å²) in [6.45, 7) is 0. The molecule has 3 nitrogen and oxygen atoms in total. The molecule has 2 aliphatic carbocycles. The molecule has 3 atom stereocenters. The molecule has 5 rings (SSSR count). The van der Waals surface area contributed by atoms with Gasteiger partial charge in [0.15, 0.2) is 0 Å². The third-order valence-electron chi connectivity index (χ3n) is 6.77. The summed E-state index contributed by atoms with van der Waals surface area (Å²) in [7, 11) is 0. The highest BCUT2D eigenvalue weighted by atomic mass is 19.1. The maximum absolute atomic E-state index is 13.5. The van der Waals surface area contributed by atoms with E-state index in [0.717, 1.165) is 28.8 Å². The predicted molar refractivity (Wildman–Crippen MR) is 118 cm³/mol. The number of nitrogens with zero attached hydrogens (tertiary/aromatic N) is 1. The summed E-state index contributed by atoms with van der Waals surface area (Å²) in [5.41, 5.74) is 4.79. The second kappa shape index (κ2) is 8.02. The van der Waals surface area contributed by atoms with Crippen molar-refractivity contribution in [1.82, 2.24) is 9.97 Å². The number of aromatic nitrogens is 2. The van der Waals surface area contributed by atoms with E-state index in [2.05, 4.69) is 28.2 Å². The van der Waals surface area contributed by atoms with Gasteiger partial charge in [0.05, 0.1) is 5.69 Å². The third kappa shape index (κ3) is 3.62. The van der Waals surface area contributed by atoms with E-state index in [4.69, 9.17) is 0 Å². The lowest BCUT2D eigenvalue weighted by molar-refractivity contribution is 0.202. The summed E-state index contributed by atoms with van der Waals surface area (Å²) in [6.07, 6.45) is 13.7. The zero-order valence-corrected chi connectivity index (χ0v) is 16.9. The van der Waals surface area contributed by atoms with Crippen molar-refractivity contribution in [2.24, 2.45) is 11.8 Å². The summed E-state index contributed by atoms with van der Waals surface area (Å²) in [5, 5.41) is 0. The van der Waals surface area contributed by atoms with E-state index < -0.39 is 0 Å². The lowest BCUT2D eigenvalue weighted by Gasteiger charge is -2.41. The Balaban J connectivity index is 1.44. The Labute approximate surface area is 175 Å². The van der Waals surface area contributed by atoms with Crippen LogP contribution >= 0.6 is 0 Å². The fourth-order valence-electron chi connectivity index (χ4n) is 5.30. The minimum Gasteiger partial charge on any atom is -0.329 e. The summed E-state index contributed by atoms with van der Waals surface area (Å²) >= 11 is 0. The number of fused-ring (bicyclic) bond motifs is 2. The summed E-state index contributed by atoms with van der Waals surface area (Å²) < 4.78 is 13.5. The van der Waals surface area contributed by atoms with Gasteiger partial charge < -0.3 is 4.98 Å². The molecule has 1 aromatic carbocycles. The first kappa shape index (κ1) is 19.0. The average Bonchev–Trinajstić information content (AvgIpc) is 2.78. The Hall–Kier alpha value is -3.01. The van der Waals surface area contributed by atoms with Crippen LogP contribution in [0.2, 0.25) is 0 Å². The highest BCUT2D eigenvalue weighted by molar-refractivity contribution is 5.63. The van der Waals surface area contributed by atoms with Crippen molar-refractivity contribution >= 4 is 6.08 Å². The van der Waals surface area contributed by atoms with Crippen LogP contribution in [0.1, 0.15) is 48.4 Å². The Morgan fingerprint density at radius 1 is 1.07 bits per heavy atom. The van der Waals surface area contributed by atoms with E-state index in [0.29, 0.717) is 11.8 Å². The average molecular weight is 400 g/mol. The van der Waals surface area contributed by atoms with Crippen LogP contribution in [0, 0.1) is 17.7 Å². The number of benzene rings is 1. The fourth-order valence-corrected chi connectivity index (χ4v) is 5.30. The topological polar surface area (TPSA) is 45.8 Å². The Kier molecular flexibility index (Phi) is 5.07. The van der Waals surface area contributed by atoms with Gasteiger partial charge in [-0.15, -0.1) is 0 Å². The molecule has 2 aromatic heterocycles. The number of rotatable bonds is 3. The van der Waals surface area contributed by atoms with Crippen molar-refractivity contribution in [1.29, 1.82) is 0 Å². The number of hydrogen-bond donors (Lipinski definition) is 1. The highest BCUT2D eigenvalue weighted by Gasteiger charge is 2.37. The van der Waals surface area contributed by atoms with Crippen molar-refractivity contribution in [3.63, 3.8) is 0 Å². The van der Waals surface area contributed by atoms with Crippen LogP contribution in [0.15, 0.2) is 65.7 Å². The molecule has 1 N–H and O–H groups in total. The molecule has 0 radical (unpaired) electrons. The molecule has 0 amide bonds. The molecule has 1 saturated carbocycles. The van der Waals surface area contributed by atoms with Crippen molar-refractivity contribution in [2.75, 3.05) is 0 Å². The van der Waals surface area contributed by atoms with Gasteiger partial charge in [0.25, 0.3) is 5.56 Å². The molecule has 0 saturated heterocycles. The van der Waals surface area contributed by atoms with Crippen LogP contribution < -0.4 is 5.56 Å². The Morgan fingerprint density at radius 3 is 2.80 bits per heavy atom. The molecular weight excluding hydrogens is 375 g/mol. The summed E-state index contributed by atoms with van der Waals surface area (Å²) in [4.78, 5) is 19.9. The minimum atomic E-state index is -0.246. The number of H-pyrrole nitrogens is 1. The van der Waals surface area contributed by atoms with Crippen LogP contribution in [0.3, 0.4) is 0 Å². The monoisotopic (exact) mass is 400 g/mol. The molecule has 152 valence electrons. The van der Waals surface area contributed by atoms with E-state index in [1.165, 1.54) is 43.4 Å². The lowest BCUT2D eigenvalue weighted by atomic mass is 9.63. The van der Waals surface area contributed by atoms with Gasteiger partial charge >= 0.3 is 0 Å². The molecule has 0 spiro atoms. The Bertz CT molecular complexity index is 1130. The number of aromatic amines is 1. The van der Waals surface area contributed by atoms with E-state index in [1.54, 1.807) is 18.5 Å². The van der Waals surface area contributed by atoms with Crippen molar-refractivity contribution in [2.45, 2.75) is 38.0 Å². The SMILES string of the molecule is O=c1[nH]ccc2c1CC1CCCCC1C2/C=C/c1ccc(-c2cccc(F)c2)cn1. The largest absolute Gasteiger partial charge is 0.329 e. The smallest absolute Gasteiger partial charge is 0.251 e. The second-order valence-corrected chi connectivity index (χ2v) is 8.52. The molecule has 0 bridgehead atoms. The molecule has 0 aliphatic heterocycles. The number of halogens is 1. The normalized spacial score (nSPS) is 23.2. The number of allylic oxidation sites excluding steroid dienone is 1. The first-order valence-electron chi connectivity index (χ1n) is 10.8. The Morgan fingerprint density at radius 2 is 1.97 bits per heavy atom. The zero-order chi connectivity index (χ0) is 20.5. The lowest BCUT2D eigenvalue weighted by Crippen LogP contribution is -2.35. The zero-order valence-electron chi connectivity index (χ0n) is 16.9.